The quantitative estimate of drug-likeness (QED) is 0.119. The number of hydrogen-bond acceptors (Lipinski definition) is 6. The number of benzene rings is 12. The Kier molecular flexibility index (Phi) is 16.3. The van der Waals surface area contributed by atoms with Gasteiger partial charge in [-0.15, -0.1) is 0 Å². The zero-order chi connectivity index (χ0) is 79.6. The maximum absolute atomic E-state index is 2.79. The molecule has 12 aromatic rings. The molecule has 0 bridgehead atoms. The van der Waals surface area contributed by atoms with Gasteiger partial charge < -0.3 is 29.4 Å². The third kappa shape index (κ3) is 10.9. The molecule has 2 fully saturated rings. The molecule has 2 aliphatic carbocycles. The molecule has 4 unspecified atom stereocenters. The van der Waals surface area contributed by atoms with E-state index in [1.807, 2.05) is 0 Å². The Hall–Kier alpha value is -10.4. The fraction of sp³-hybridized carbons (Fsp3) is 0.327. The molecule has 0 radical (unpaired) electrons. The van der Waals surface area contributed by atoms with Crippen molar-refractivity contribution in [2.45, 2.75) is 224 Å². The van der Waals surface area contributed by atoms with E-state index in [9.17, 15) is 0 Å². The first-order valence-electron chi connectivity index (χ1n) is 43.1. The number of anilines is 16. The lowest BCUT2D eigenvalue weighted by Gasteiger charge is -2.56. The second-order valence-corrected chi connectivity index (χ2v) is 40.6. The lowest BCUT2D eigenvalue weighted by Crippen LogP contribution is -2.62. The lowest BCUT2D eigenvalue weighted by atomic mass is 9.33. The van der Waals surface area contributed by atoms with Crippen LogP contribution < -0.4 is 62.2 Å². The van der Waals surface area contributed by atoms with Crippen molar-refractivity contribution in [3.05, 3.63) is 300 Å². The van der Waals surface area contributed by atoms with E-state index in [1.54, 1.807) is 0 Å². The Balaban J connectivity index is 0.655. The summed E-state index contributed by atoms with van der Waals surface area (Å²) in [6.45, 7) is 41.6. The molecule has 6 aliphatic heterocycles. The summed E-state index contributed by atoms with van der Waals surface area (Å²) in [5, 5.41) is 0. The molecule has 12 aromatic carbocycles. The van der Waals surface area contributed by atoms with Crippen LogP contribution >= 0.6 is 0 Å². The molecule has 6 nitrogen and oxygen atoms in total. The molecule has 0 spiro atoms. The monoisotopic (exact) mass is 1500 g/mol. The molecule has 0 aromatic heterocycles. The van der Waals surface area contributed by atoms with Gasteiger partial charge in [0.1, 0.15) is 0 Å². The smallest absolute Gasteiger partial charge is 0.252 e. The number of rotatable bonds is 11. The number of para-hydroxylation sites is 5. The van der Waals surface area contributed by atoms with Crippen molar-refractivity contribution in [1.29, 1.82) is 0 Å². The minimum Gasteiger partial charge on any atom is -0.334 e. The van der Waals surface area contributed by atoms with Crippen LogP contribution in [0.3, 0.4) is 0 Å². The van der Waals surface area contributed by atoms with Crippen LogP contribution in [-0.4, -0.2) is 24.5 Å². The van der Waals surface area contributed by atoms with Gasteiger partial charge in [-0.2, -0.15) is 0 Å². The molecule has 115 heavy (non-hydrogen) atoms. The zero-order valence-corrected chi connectivity index (χ0v) is 71.0. The van der Waals surface area contributed by atoms with E-state index in [0.29, 0.717) is 0 Å². The summed E-state index contributed by atoms with van der Waals surface area (Å²) in [4.78, 5) is 16.0. The van der Waals surface area contributed by atoms with E-state index in [1.165, 1.54) is 188 Å². The SMILES string of the molecule is CC(C)(C)c1ccc(N2c3cc(N4c5ccc(C(C)(C)CCC(C)(C)c6ccc(N7c8cc(N9c%10ccccc%10C%10(C)CCCCCC9%10C)ccc8B8c9ccccc9N(c9ccccc9)c9cc(C(C)(C)C)cc7c98)cc6)cc5C5(C)CCC45C)ccc3B3c4ccccc4N(c4ccccc4)c4cc(C(C)(C)C)cc2c43)cc1. The summed E-state index contributed by atoms with van der Waals surface area (Å²) in [7, 11) is 0. The molecule has 0 amide bonds. The van der Waals surface area contributed by atoms with Gasteiger partial charge in [0.05, 0.1) is 11.1 Å². The summed E-state index contributed by atoms with van der Waals surface area (Å²) in [5.41, 5.74) is 37.2. The fourth-order valence-electron chi connectivity index (χ4n) is 22.6. The molecule has 0 saturated heterocycles. The maximum Gasteiger partial charge on any atom is 0.252 e. The van der Waals surface area contributed by atoms with Gasteiger partial charge in [-0.3, -0.25) is 0 Å². The van der Waals surface area contributed by atoms with Gasteiger partial charge in [0.2, 0.25) is 0 Å². The molecule has 6 heterocycles. The van der Waals surface area contributed by atoms with Crippen LogP contribution in [0.4, 0.5) is 91.0 Å². The second kappa shape index (κ2) is 25.5. The van der Waals surface area contributed by atoms with E-state index in [2.05, 4.69) is 408 Å². The normalized spacial score (nSPS) is 20.9. The van der Waals surface area contributed by atoms with Crippen molar-refractivity contribution in [3.63, 3.8) is 0 Å². The maximum atomic E-state index is 2.79. The molecule has 8 heteroatoms. The molecule has 4 atom stereocenters. The molecular weight excluding hydrogens is 1390 g/mol. The van der Waals surface area contributed by atoms with Crippen LogP contribution in [0.2, 0.25) is 0 Å². The van der Waals surface area contributed by atoms with E-state index < -0.39 is 0 Å². The summed E-state index contributed by atoms with van der Waals surface area (Å²) in [6, 6.07) is 102. The highest BCUT2D eigenvalue weighted by atomic mass is 15.3. The minimum atomic E-state index is -0.135. The molecule has 0 N–H and O–H groups in total. The molecular formula is C107H112B2N6. The minimum absolute atomic E-state index is 0.0124. The van der Waals surface area contributed by atoms with Crippen molar-refractivity contribution < 1.29 is 0 Å². The average Bonchev–Trinajstić information content (AvgIpc) is 1.39. The van der Waals surface area contributed by atoms with E-state index in [-0.39, 0.29) is 62.4 Å². The number of nitrogens with zero attached hydrogens (tertiary/aromatic N) is 6. The first-order valence-corrected chi connectivity index (χ1v) is 43.1. The largest absolute Gasteiger partial charge is 0.334 e. The van der Waals surface area contributed by atoms with Crippen molar-refractivity contribution in [2.75, 3.05) is 29.4 Å². The van der Waals surface area contributed by atoms with Crippen LogP contribution in [0, 0.1) is 0 Å². The summed E-state index contributed by atoms with van der Waals surface area (Å²) < 4.78 is 0. The van der Waals surface area contributed by atoms with Crippen LogP contribution in [0.5, 0.6) is 0 Å². The Morgan fingerprint density at radius 1 is 0.261 bits per heavy atom. The predicted molar refractivity (Wildman–Crippen MR) is 493 cm³/mol. The second-order valence-electron chi connectivity index (χ2n) is 40.6. The van der Waals surface area contributed by atoms with E-state index in [0.717, 1.165) is 32.1 Å². The number of fused-ring (bicyclic) bond motifs is 14. The highest BCUT2D eigenvalue weighted by Gasteiger charge is 2.64. The molecule has 576 valence electrons. The van der Waals surface area contributed by atoms with Gasteiger partial charge in [0.15, 0.2) is 0 Å². The van der Waals surface area contributed by atoms with Crippen molar-refractivity contribution in [1.82, 2.24) is 0 Å². The standard InChI is InChI=1S/C107H112B2N6/c1-99(2,3)70-43-48-77(49-44-70)112-92-69-80(53-55-86(92)109-84-39-27-30-42-90(84)110(75-33-21-18-22-34-75)93-64-73(100(4,5)6)66-95(112)97(93)109)115-88-56-47-72(63-82(88)105(15)61-62-107(105,115)17)103(12,13)60-59-102(10,11)71-45-50-78(51-46-71)113-91-68-79(114-87-40-28-25-37-81(87)104(14)57-31-20-32-58-106(104,114)16)52-54-85(91)108-83-38-26-29-41-89(83)111(76-35-23-19-24-36-76)94-65-74(101(7,8)9)67-96(113)98(94)108/h18-19,21-30,33-56,63-69H,20,31-32,57-62H2,1-17H3. The van der Waals surface area contributed by atoms with Crippen LogP contribution in [-0.2, 0) is 37.9 Å². The Morgan fingerprint density at radius 3 is 1.08 bits per heavy atom. The highest BCUT2D eigenvalue weighted by molar-refractivity contribution is 7.01. The predicted octanol–water partition coefficient (Wildman–Crippen LogP) is 24.9. The van der Waals surface area contributed by atoms with Gasteiger partial charge in [-0.25, -0.2) is 0 Å². The van der Waals surface area contributed by atoms with Crippen molar-refractivity contribution >= 4 is 137 Å². The van der Waals surface area contributed by atoms with Gasteiger partial charge in [-0.05, 0) is 272 Å². The van der Waals surface area contributed by atoms with Crippen LogP contribution in [0.1, 0.15) is 214 Å². The lowest BCUT2D eigenvalue weighted by molar-refractivity contribution is 0.133. The van der Waals surface area contributed by atoms with Gasteiger partial charge >= 0.3 is 0 Å². The Morgan fingerprint density at radius 2 is 0.617 bits per heavy atom. The third-order valence-corrected chi connectivity index (χ3v) is 30.1. The molecule has 20 rings (SSSR count). The van der Waals surface area contributed by atoms with Gasteiger partial charge in [0, 0.05) is 102 Å². The fourth-order valence-corrected chi connectivity index (χ4v) is 22.6. The van der Waals surface area contributed by atoms with Gasteiger partial charge in [-0.1, -0.05) is 263 Å². The van der Waals surface area contributed by atoms with Crippen molar-refractivity contribution in [3.8, 4) is 0 Å². The topological polar surface area (TPSA) is 19.4 Å². The summed E-state index contributed by atoms with van der Waals surface area (Å²) in [6.07, 6.45) is 10.5. The molecule has 2 saturated carbocycles. The van der Waals surface area contributed by atoms with E-state index >= 15 is 0 Å². The van der Waals surface area contributed by atoms with Crippen LogP contribution in [0.25, 0.3) is 0 Å². The Bertz CT molecular complexity index is 5920. The summed E-state index contributed by atoms with van der Waals surface area (Å²) in [5.74, 6) is 0. The van der Waals surface area contributed by atoms with Crippen LogP contribution in [0.15, 0.2) is 261 Å². The first-order chi connectivity index (χ1) is 54.9. The first kappa shape index (κ1) is 73.5. The highest BCUT2D eigenvalue weighted by Crippen LogP contribution is 2.67. The van der Waals surface area contributed by atoms with Crippen molar-refractivity contribution in [2.24, 2.45) is 0 Å². The zero-order valence-electron chi connectivity index (χ0n) is 71.0. The van der Waals surface area contributed by atoms with E-state index in [4.69, 9.17) is 0 Å². The molecule has 8 aliphatic rings. The average molecular weight is 1500 g/mol. The Labute approximate surface area is 686 Å². The summed E-state index contributed by atoms with van der Waals surface area (Å²) >= 11 is 0. The third-order valence-electron chi connectivity index (χ3n) is 30.1. The number of hydrogen-bond donors (Lipinski definition) is 0. The van der Waals surface area contributed by atoms with Gasteiger partial charge in [0.25, 0.3) is 13.4 Å².